The van der Waals surface area contributed by atoms with Crippen LogP contribution in [0.3, 0.4) is 0 Å². The average molecular weight is 389 g/mol. The molecule has 2 atom stereocenters. The maximum Gasteiger partial charge on any atom is 0.331 e. The van der Waals surface area contributed by atoms with Crippen molar-refractivity contribution in [3.05, 3.63) is 102 Å². The molecule has 29 heavy (non-hydrogen) atoms. The lowest BCUT2D eigenvalue weighted by Gasteiger charge is -2.35. The van der Waals surface area contributed by atoms with Crippen molar-refractivity contribution in [1.29, 1.82) is 0 Å². The zero-order valence-corrected chi connectivity index (χ0v) is 16.4. The quantitative estimate of drug-likeness (QED) is 0.635. The monoisotopic (exact) mass is 389 g/mol. The van der Waals surface area contributed by atoms with Crippen LogP contribution in [0.25, 0.3) is 0 Å². The van der Waals surface area contributed by atoms with E-state index in [-0.39, 0.29) is 5.91 Å². The summed E-state index contributed by atoms with van der Waals surface area (Å²) in [4.78, 5) is 27.2. The lowest BCUT2D eigenvalue weighted by atomic mass is 9.98. The summed E-state index contributed by atoms with van der Waals surface area (Å²) in [7, 11) is 1.57. The van der Waals surface area contributed by atoms with E-state index in [1.807, 2.05) is 43.3 Å². The van der Waals surface area contributed by atoms with Crippen molar-refractivity contribution < 1.29 is 19.4 Å². The fourth-order valence-electron chi connectivity index (χ4n) is 3.37. The van der Waals surface area contributed by atoms with Gasteiger partial charge in [-0.25, -0.2) is 4.79 Å². The van der Waals surface area contributed by atoms with Gasteiger partial charge in [-0.1, -0.05) is 60.7 Å². The molecular weight excluding hydrogens is 366 g/mol. The highest BCUT2D eigenvalue weighted by Crippen LogP contribution is 2.33. The van der Waals surface area contributed by atoms with E-state index in [1.165, 1.54) is 4.90 Å². The molecule has 0 bridgehead atoms. The minimum absolute atomic E-state index is 0.350. The first-order chi connectivity index (χ1) is 14.0. The Morgan fingerprint density at radius 1 is 0.862 bits per heavy atom. The van der Waals surface area contributed by atoms with E-state index in [2.05, 4.69) is 0 Å². The maximum absolute atomic E-state index is 13.5. The number of hydrogen-bond donors (Lipinski definition) is 1. The first-order valence-corrected chi connectivity index (χ1v) is 9.32. The third-order valence-corrected chi connectivity index (χ3v) is 4.88. The standard InChI is InChI=1S/C24H23NO4/c1-17(20-14-9-15-21(16-20)29-2)25(23(26)19-12-7-4-8-13-19)22(24(27)28)18-10-5-3-6-11-18/h3-17,22H,1-2H3,(H,27,28)/t17-,22+/m1/s1. The Kier molecular flexibility index (Phi) is 6.29. The summed E-state index contributed by atoms with van der Waals surface area (Å²) in [6, 6.07) is 23.2. The zero-order chi connectivity index (χ0) is 20.8. The Morgan fingerprint density at radius 2 is 1.45 bits per heavy atom. The average Bonchev–Trinajstić information content (AvgIpc) is 2.77. The third kappa shape index (κ3) is 4.46. The van der Waals surface area contributed by atoms with Crippen LogP contribution in [-0.4, -0.2) is 29.0 Å². The molecule has 0 fully saturated rings. The van der Waals surface area contributed by atoms with Crippen LogP contribution in [0.5, 0.6) is 5.75 Å². The van der Waals surface area contributed by atoms with Gasteiger partial charge in [0.1, 0.15) is 5.75 Å². The molecule has 0 saturated carbocycles. The number of carbonyl (C=O) groups excluding carboxylic acids is 1. The second-order valence-electron chi connectivity index (χ2n) is 6.68. The van der Waals surface area contributed by atoms with E-state index < -0.39 is 18.1 Å². The Bertz CT molecular complexity index is 972. The molecule has 5 nitrogen and oxygen atoms in total. The normalized spacial score (nSPS) is 12.6. The molecule has 1 amide bonds. The molecule has 0 aliphatic rings. The Hall–Kier alpha value is -3.60. The molecule has 0 aliphatic carbocycles. The van der Waals surface area contributed by atoms with Crippen LogP contribution in [0, 0.1) is 0 Å². The molecule has 0 heterocycles. The number of carbonyl (C=O) groups is 2. The number of benzene rings is 3. The van der Waals surface area contributed by atoms with E-state index in [4.69, 9.17) is 4.74 Å². The number of aliphatic carboxylic acids is 1. The van der Waals surface area contributed by atoms with Crippen LogP contribution < -0.4 is 4.74 Å². The Morgan fingerprint density at radius 3 is 2.03 bits per heavy atom. The minimum Gasteiger partial charge on any atom is -0.497 e. The van der Waals surface area contributed by atoms with Crippen LogP contribution >= 0.6 is 0 Å². The molecule has 3 aromatic carbocycles. The van der Waals surface area contributed by atoms with Crippen LogP contribution in [-0.2, 0) is 4.79 Å². The van der Waals surface area contributed by atoms with Gasteiger partial charge in [0.25, 0.3) is 5.91 Å². The maximum atomic E-state index is 13.5. The highest BCUT2D eigenvalue weighted by molar-refractivity contribution is 5.97. The van der Waals surface area contributed by atoms with Crippen molar-refractivity contribution in [2.75, 3.05) is 7.11 Å². The minimum atomic E-state index is -1.13. The SMILES string of the molecule is COc1cccc([C@@H](C)N(C(=O)c2ccccc2)[C@H](C(=O)O)c2ccccc2)c1. The van der Waals surface area contributed by atoms with Crippen molar-refractivity contribution in [3.8, 4) is 5.75 Å². The summed E-state index contributed by atoms with van der Waals surface area (Å²) in [5.74, 6) is -0.791. The molecule has 3 aromatic rings. The van der Waals surface area contributed by atoms with Crippen molar-refractivity contribution in [1.82, 2.24) is 4.90 Å². The predicted octanol–water partition coefficient (Wildman–Crippen LogP) is 4.72. The van der Waals surface area contributed by atoms with Crippen LogP contribution in [0.2, 0.25) is 0 Å². The number of carboxylic acids is 1. The van der Waals surface area contributed by atoms with Gasteiger partial charge in [-0.05, 0) is 42.3 Å². The summed E-state index contributed by atoms with van der Waals surface area (Å²) in [5.41, 5.74) is 1.76. The van der Waals surface area contributed by atoms with Crippen molar-refractivity contribution >= 4 is 11.9 Å². The molecule has 0 spiro atoms. The fourth-order valence-corrected chi connectivity index (χ4v) is 3.37. The topological polar surface area (TPSA) is 66.8 Å². The van der Waals surface area contributed by atoms with Crippen molar-refractivity contribution in [2.24, 2.45) is 0 Å². The third-order valence-electron chi connectivity index (χ3n) is 4.88. The van der Waals surface area contributed by atoms with Gasteiger partial charge in [0.05, 0.1) is 13.2 Å². The number of ether oxygens (including phenoxy) is 1. The number of methoxy groups -OCH3 is 1. The molecule has 0 radical (unpaired) electrons. The number of nitrogens with zero attached hydrogens (tertiary/aromatic N) is 1. The first-order valence-electron chi connectivity index (χ1n) is 9.32. The molecule has 0 unspecified atom stereocenters. The summed E-state index contributed by atoms with van der Waals surface area (Å²) >= 11 is 0. The molecule has 1 N–H and O–H groups in total. The van der Waals surface area contributed by atoms with Crippen LogP contribution in [0.15, 0.2) is 84.9 Å². The predicted molar refractivity (Wildman–Crippen MR) is 111 cm³/mol. The van der Waals surface area contributed by atoms with Gasteiger partial charge in [0.15, 0.2) is 6.04 Å². The summed E-state index contributed by atoms with van der Waals surface area (Å²) in [6.45, 7) is 1.83. The molecule has 148 valence electrons. The first kappa shape index (κ1) is 20.1. The van der Waals surface area contributed by atoms with E-state index in [0.29, 0.717) is 16.9 Å². The van der Waals surface area contributed by atoms with Gasteiger partial charge in [-0.15, -0.1) is 0 Å². The number of rotatable bonds is 7. The van der Waals surface area contributed by atoms with Crippen molar-refractivity contribution in [2.45, 2.75) is 19.0 Å². The van der Waals surface area contributed by atoms with Gasteiger partial charge < -0.3 is 14.7 Å². The molecule has 0 saturated heterocycles. The number of amides is 1. The van der Waals surface area contributed by atoms with Crippen LogP contribution in [0.1, 0.15) is 40.5 Å². The molecule has 5 heteroatoms. The van der Waals surface area contributed by atoms with Crippen LogP contribution in [0.4, 0.5) is 0 Å². The molecule has 0 aliphatic heterocycles. The van der Waals surface area contributed by atoms with Gasteiger partial charge in [0.2, 0.25) is 0 Å². The number of carboxylic acid groups (broad SMARTS) is 1. The lowest BCUT2D eigenvalue weighted by molar-refractivity contribution is -0.143. The summed E-state index contributed by atoms with van der Waals surface area (Å²) in [6.07, 6.45) is 0. The zero-order valence-electron chi connectivity index (χ0n) is 16.4. The van der Waals surface area contributed by atoms with E-state index in [9.17, 15) is 14.7 Å². The largest absolute Gasteiger partial charge is 0.497 e. The highest BCUT2D eigenvalue weighted by atomic mass is 16.5. The van der Waals surface area contributed by atoms with E-state index >= 15 is 0 Å². The molecular formula is C24H23NO4. The van der Waals surface area contributed by atoms with E-state index in [0.717, 1.165) is 5.56 Å². The molecule has 3 rings (SSSR count). The Balaban J connectivity index is 2.12. The second kappa shape index (κ2) is 9.06. The summed E-state index contributed by atoms with van der Waals surface area (Å²) < 4.78 is 5.30. The second-order valence-corrected chi connectivity index (χ2v) is 6.68. The van der Waals surface area contributed by atoms with Gasteiger partial charge in [0, 0.05) is 5.56 Å². The molecule has 0 aromatic heterocycles. The van der Waals surface area contributed by atoms with Gasteiger partial charge in [-0.3, -0.25) is 4.79 Å². The lowest BCUT2D eigenvalue weighted by Crippen LogP contribution is -2.40. The van der Waals surface area contributed by atoms with Gasteiger partial charge >= 0.3 is 5.97 Å². The fraction of sp³-hybridized carbons (Fsp3) is 0.167. The Labute approximate surface area is 170 Å². The smallest absolute Gasteiger partial charge is 0.331 e. The number of hydrogen-bond acceptors (Lipinski definition) is 3. The highest BCUT2D eigenvalue weighted by Gasteiger charge is 2.35. The van der Waals surface area contributed by atoms with E-state index in [1.54, 1.807) is 55.6 Å². The van der Waals surface area contributed by atoms with Gasteiger partial charge in [-0.2, -0.15) is 0 Å². The summed E-state index contributed by atoms with van der Waals surface area (Å²) in [5, 5.41) is 10.1. The van der Waals surface area contributed by atoms with Crippen molar-refractivity contribution in [3.63, 3.8) is 0 Å².